The molecule has 1 aliphatic heterocycles. The maximum atomic E-state index is 12.5. The van der Waals surface area contributed by atoms with Crippen molar-refractivity contribution in [2.75, 3.05) is 38.5 Å². The molecule has 23 heavy (non-hydrogen) atoms. The smallest absolute Gasteiger partial charge is 0.267 e. The van der Waals surface area contributed by atoms with E-state index >= 15 is 0 Å². The maximum absolute atomic E-state index is 12.5. The number of amides is 1. The van der Waals surface area contributed by atoms with Gasteiger partial charge in [-0.15, -0.1) is 0 Å². The number of nitrogens with one attached hydrogen (secondary N) is 1. The zero-order chi connectivity index (χ0) is 16.8. The van der Waals surface area contributed by atoms with Crippen LogP contribution in [0, 0.1) is 18.3 Å². The van der Waals surface area contributed by atoms with E-state index in [0.29, 0.717) is 0 Å². The van der Waals surface area contributed by atoms with Crippen molar-refractivity contribution in [2.45, 2.75) is 20.3 Å². The van der Waals surface area contributed by atoms with Crippen LogP contribution in [0.25, 0.3) is 0 Å². The van der Waals surface area contributed by atoms with E-state index in [2.05, 4.69) is 24.2 Å². The molecule has 0 spiro atoms. The highest BCUT2D eigenvalue weighted by atomic mass is 16.1. The third-order valence-corrected chi connectivity index (χ3v) is 4.19. The van der Waals surface area contributed by atoms with Crippen LogP contribution in [0.4, 0.5) is 5.69 Å². The Morgan fingerprint density at radius 2 is 2.04 bits per heavy atom. The number of likely N-dealkylation sites (N-methyl/N-ethyl adjacent to an activating group) is 1. The van der Waals surface area contributed by atoms with E-state index in [4.69, 9.17) is 0 Å². The zero-order valence-corrected chi connectivity index (χ0v) is 14.1. The molecule has 2 rings (SSSR count). The second-order valence-electron chi connectivity index (χ2n) is 5.91. The number of nitriles is 1. The van der Waals surface area contributed by atoms with Gasteiger partial charge in [-0.2, -0.15) is 5.26 Å². The lowest BCUT2D eigenvalue weighted by Crippen LogP contribution is -2.42. The van der Waals surface area contributed by atoms with Crippen LogP contribution in [0.15, 0.2) is 30.0 Å². The number of piperazine rings is 1. The predicted octanol–water partition coefficient (Wildman–Crippen LogP) is 2.15. The van der Waals surface area contributed by atoms with Crippen LogP contribution in [0.3, 0.4) is 0 Å². The molecule has 1 N–H and O–H groups in total. The number of carbonyl (C=O) groups is 1. The largest absolute Gasteiger partial charge is 0.374 e. The SMILES string of the molecule is CCc1cccc(C)c1NC(=O)/C(C#N)=C\N1CCN(C)CC1. The van der Waals surface area contributed by atoms with Crippen molar-refractivity contribution in [3.8, 4) is 6.07 Å². The van der Waals surface area contributed by atoms with Crippen LogP contribution in [0.5, 0.6) is 0 Å². The minimum Gasteiger partial charge on any atom is -0.374 e. The molecule has 1 aromatic carbocycles. The van der Waals surface area contributed by atoms with Crippen LogP contribution >= 0.6 is 0 Å². The number of nitrogens with zero attached hydrogens (tertiary/aromatic N) is 3. The lowest BCUT2D eigenvalue weighted by molar-refractivity contribution is -0.112. The van der Waals surface area contributed by atoms with Crippen LogP contribution in [-0.2, 0) is 11.2 Å². The van der Waals surface area contributed by atoms with E-state index in [1.54, 1.807) is 6.20 Å². The Kier molecular flexibility index (Phi) is 5.78. The molecule has 0 aromatic heterocycles. The normalized spacial score (nSPS) is 16.1. The fourth-order valence-corrected chi connectivity index (χ4v) is 2.65. The van der Waals surface area contributed by atoms with E-state index in [1.807, 2.05) is 36.1 Å². The molecule has 5 nitrogen and oxygen atoms in total. The number of hydrogen-bond acceptors (Lipinski definition) is 4. The van der Waals surface area contributed by atoms with E-state index in [1.165, 1.54) is 0 Å². The standard InChI is InChI=1S/C18H24N4O/c1-4-15-7-5-6-14(2)17(15)20-18(23)16(12-19)13-22-10-8-21(3)9-11-22/h5-7,13H,4,8-11H2,1-3H3,(H,20,23)/b16-13-. The summed E-state index contributed by atoms with van der Waals surface area (Å²) in [4.78, 5) is 16.7. The number of benzene rings is 1. The first-order valence-corrected chi connectivity index (χ1v) is 7.99. The van der Waals surface area contributed by atoms with Crippen molar-refractivity contribution in [1.82, 2.24) is 9.80 Å². The Labute approximate surface area is 138 Å². The predicted molar refractivity (Wildman–Crippen MR) is 92.0 cm³/mol. The Hall–Kier alpha value is -2.32. The van der Waals surface area contributed by atoms with Crippen molar-refractivity contribution in [1.29, 1.82) is 5.26 Å². The fourth-order valence-electron chi connectivity index (χ4n) is 2.65. The number of rotatable bonds is 4. The van der Waals surface area contributed by atoms with E-state index < -0.39 is 0 Å². The summed E-state index contributed by atoms with van der Waals surface area (Å²) in [6.07, 6.45) is 2.52. The Morgan fingerprint density at radius 1 is 1.35 bits per heavy atom. The summed E-state index contributed by atoms with van der Waals surface area (Å²) in [5, 5.41) is 12.2. The molecule has 0 unspecified atom stereocenters. The quantitative estimate of drug-likeness (QED) is 0.683. The first-order chi connectivity index (χ1) is 11.0. The summed E-state index contributed by atoms with van der Waals surface area (Å²) < 4.78 is 0. The van der Waals surface area contributed by atoms with Gasteiger partial charge in [0.15, 0.2) is 0 Å². The van der Waals surface area contributed by atoms with Gasteiger partial charge in [0.1, 0.15) is 11.6 Å². The van der Waals surface area contributed by atoms with Crippen molar-refractivity contribution in [2.24, 2.45) is 0 Å². The van der Waals surface area contributed by atoms with Crippen molar-refractivity contribution in [3.63, 3.8) is 0 Å². The zero-order valence-electron chi connectivity index (χ0n) is 14.1. The van der Waals surface area contributed by atoms with Crippen molar-refractivity contribution >= 4 is 11.6 Å². The Morgan fingerprint density at radius 3 is 2.65 bits per heavy atom. The van der Waals surface area contributed by atoms with Crippen LogP contribution in [-0.4, -0.2) is 48.9 Å². The molecule has 0 saturated carbocycles. The van der Waals surface area contributed by atoms with Gasteiger partial charge < -0.3 is 15.1 Å². The highest BCUT2D eigenvalue weighted by molar-refractivity contribution is 6.07. The second-order valence-corrected chi connectivity index (χ2v) is 5.91. The summed E-state index contributed by atoms with van der Waals surface area (Å²) in [5.41, 5.74) is 3.06. The third kappa shape index (κ3) is 4.33. The van der Waals surface area contributed by atoms with Crippen molar-refractivity contribution in [3.05, 3.63) is 41.1 Å². The van der Waals surface area contributed by atoms with Gasteiger partial charge in [0.25, 0.3) is 5.91 Å². The van der Waals surface area contributed by atoms with Crippen LogP contribution in [0.2, 0.25) is 0 Å². The van der Waals surface area contributed by atoms with E-state index in [9.17, 15) is 10.1 Å². The maximum Gasteiger partial charge on any atom is 0.267 e. The lowest BCUT2D eigenvalue weighted by Gasteiger charge is -2.31. The summed E-state index contributed by atoms with van der Waals surface area (Å²) >= 11 is 0. The molecule has 1 aliphatic rings. The molecule has 122 valence electrons. The second kappa shape index (κ2) is 7.80. The fraction of sp³-hybridized carbons (Fsp3) is 0.444. The van der Waals surface area contributed by atoms with Gasteiger partial charge in [-0.3, -0.25) is 4.79 Å². The van der Waals surface area contributed by atoms with Gasteiger partial charge in [-0.25, -0.2) is 0 Å². The molecular weight excluding hydrogens is 288 g/mol. The molecule has 0 radical (unpaired) electrons. The summed E-state index contributed by atoms with van der Waals surface area (Å²) in [6, 6.07) is 7.97. The monoisotopic (exact) mass is 312 g/mol. The van der Waals surface area contributed by atoms with Gasteiger partial charge >= 0.3 is 0 Å². The number of aryl methyl sites for hydroxylation is 2. The van der Waals surface area contributed by atoms with Gasteiger partial charge in [-0.05, 0) is 31.5 Å². The number of hydrogen-bond donors (Lipinski definition) is 1. The van der Waals surface area contributed by atoms with Gasteiger partial charge in [-0.1, -0.05) is 25.1 Å². The van der Waals surface area contributed by atoms with Gasteiger partial charge in [0, 0.05) is 38.1 Å². The summed E-state index contributed by atoms with van der Waals surface area (Å²) in [5.74, 6) is -0.338. The third-order valence-electron chi connectivity index (χ3n) is 4.19. The first kappa shape index (κ1) is 17.0. The Balaban J connectivity index is 2.14. The minimum absolute atomic E-state index is 0.153. The number of carbonyl (C=O) groups excluding carboxylic acids is 1. The summed E-state index contributed by atoms with van der Waals surface area (Å²) in [7, 11) is 2.07. The van der Waals surface area contributed by atoms with Crippen molar-refractivity contribution < 1.29 is 4.79 Å². The molecule has 0 bridgehead atoms. The van der Waals surface area contributed by atoms with E-state index in [0.717, 1.165) is 49.4 Å². The molecule has 1 saturated heterocycles. The highest BCUT2D eigenvalue weighted by Gasteiger charge is 2.16. The molecular formula is C18H24N4O. The van der Waals surface area contributed by atoms with Crippen LogP contribution < -0.4 is 5.32 Å². The molecule has 1 aromatic rings. The average Bonchev–Trinajstić information content (AvgIpc) is 2.56. The molecule has 5 heteroatoms. The molecule has 1 amide bonds. The van der Waals surface area contributed by atoms with E-state index in [-0.39, 0.29) is 11.5 Å². The molecule has 0 atom stereocenters. The average molecular weight is 312 g/mol. The Bertz CT molecular complexity index is 637. The molecule has 1 fully saturated rings. The minimum atomic E-state index is -0.338. The topological polar surface area (TPSA) is 59.4 Å². The van der Waals surface area contributed by atoms with Gasteiger partial charge in [0.05, 0.1) is 0 Å². The molecule has 1 heterocycles. The van der Waals surface area contributed by atoms with Gasteiger partial charge in [0.2, 0.25) is 0 Å². The number of para-hydroxylation sites is 1. The molecule has 0 aliphatic carbocycles. The first-order valence-electron chi connectivity index (χ1n) is 7.99. The summed E-state index contributed by atoms with van der Waals surface area (Å²) in [6.45, 7) is 7.56. The van der Waals surface area contributed by atoms with Crippen LogP contribution in [0.1, 0.15) is 18.1 Å². The highest BCUT2D eigenvalue weighted by Crippen LogP contribution is 2.21. The lowest BCUT2D eigenvalue weighted by atomic mass is 10.1. The number of anilines is 1.